The third-order valence-electron chi connectivity index (χ3n) is 3.30. The zero-order valence-corrected chi connectivity index (χ0v) is 14.0. The van der Waals surface area contributed by atoms with E-state index >= 15 is 0 Å². The Bertz CT molecular complexity index is 725. The molecule has 5 nitrogen and oxygen atoms in total. The average Bonchev–Trinajstić information content (AvgIpc) is 2.61. The molecule has 1 N–H and O–H groups in total. The number of amides is 1. The number of nitrogens with one attached hydrogen (secondary N) is 1. The Kier molecular flexibility index (Phi) is 6.25. The summed E-state index contributed by atoms with van der Waals surface area (Å²) in [6.45, 7) is 2.49. The summed E-state index contributed by atoms with van der Waals surface area (Å²) in [5.41, 5.74) is 1.42. The van der Waals surface area contributed by atoms with Gasteiger partial charge < -0.3 is 19.5 Å². The van der Waals surface area contributed by atoms with Gasteiger partial charge in [-0.25, -0.2) is 0 Å². The number of anilines is 1. The molecule has 0 fully saturated rings. The summed E-state index contributed by atoms with van der Waals surface area (Å²) in [6, 6.07) is 12.8. The van der Waals surface area contributed by atoms with Crippen molar-refractivity contribution in [2.24, 2.45) is 0 Å². The summed E-state index contributed by atoms with van der Waals surface area (Å²) in [5, 5.41) is 2.79. The lowest BCUT2D eigenvalue weighted by Gasteiger charge is -2.10. The van der Waals surface area contributed by atoms with Crippen molar-refractivity contribution in [3.8, 4) is 17.2 Å². The van der Waals surface area contributed by atoms with E-state index in [1.165, 1.54) is 6.08 Å². The van der Waals surface area contributed by atoms with Gasteiger partial charge in [-0.3, -0.25) is 4.79 Å². The standard InChI is InChI=1S/C19H21NO4/c1-4-24-17-8-6-5-7-14(17)9-12-19(21)20-16-11-10-15(22-2)13-18(16)23-3/h5-13H,4H2,1-3H3,(H,20,21)/b12-9+. The van der Waals surface area contributed by atoms with Crippen LogP contribution >= 0.6 is 0 Å². The van der Waals surface area contributed by atoms with Crippen LogP contribution in [0.2, 0.25) is 0 Å². The fourth-order valence-corrected chi connectivity index (χ4v) is 2.15. The van der Waals surface area contributed by atoms with Crippen LogP contribution in [0.1, 0.15) is 12.5 Å². The third-order valence-corrected chi connectivity index (χ3v) is 3.30. The molecule has 0 saturated heterocycles. The number of ether oxygens (including phenoxy) is 3. The molecule has 0 bridgehead atoms. The molecule has 0 saturated carbocycles. The first-order valence-corrected chi connectivity index (χ1v) is 7.60. The Morgan fingerprint density at radius 3 is 2.58 bits per heavy atom. The lowest BCUT2D eigenvalue weighted by atomic mass is 10.2. The van der Waals surface area contributed by atoms with E-state index < -0.39 is 0 Å². The highest BCUT2D eigenvalue weighted by Crippen LogP contribution is 2.29. The normalized spacial score (nSPS) is 10.5. The van der Waals surface area contributed by atoms with Gasteiger partial charge in [0.15, 0.2) is 0 Å². The van der Waals surface area contributed by atoms with Gasteiger partial charge in [0.05, 0.1) is 26.5 Å². The second kappa shape index (κ2) is 8.62. The first kappa shape index (κ1) is 17.4. The summed E-state index contributed by atoms with van der Waals surface area (Å²) >= 11 is 0. The Morgan fingerprint density at radius 2 is 1.88 bits per heavy atom. The molecule has 2 aromatic carbocycles. The molecule has 0 heterocycles. The maximum absolute atomic E-state index is 12.2. The average molecular weight is 327 g/mol. The smallest absolute Gasteiger partial charge is 0.248 e. The van der Waals surface area contributed by atoms with E-state index in [0.29, 0.717) is 23.8 Å². The van der Waals surface area contributed by atoms with E-state index in [4.69, 9.17) is 14.2 Å². The molecule has 5 heteroatoms. The van der Waals surface area contributed by atoms with E-state index in [1.807, 2.05) is 31.2 Å². The van der Waals surface area contributed by atoms with Gasteiger partial charge in [-0.15, -0.1) is 0 Å². The monoisotopic (exact) mass is 327 g/mol. The van der Waals surface area contributed by atoms with Crippen LogP contribution in [0.15, 0.2) is 48.5 Å². The Hall–Kier alpha value is -2.95. The van der Waals surface area contributed by atoms with Crippen LogP contribution in [0.25, 0.3) is 6.08 Å². The topological polar surface area (TPSA) is 56.8 Å². The van der Waals surface area contributed by atoms with Gasteiger partial charge in [-0.05, 0) is 31.2 Å². The molecule has 0 spiro atoms. The first-order valence-electron chi connectivity index (χ1n) is 7.60. The molecule has 0 unspecified atom stereocenters. The molecule has 126 valence electrons. The maximum atomic E-state index is 12.2. The number of carbonyl (C=O) groups is 1. The van der Waals surface area contributed by atoms with Crippen LogP contribution in [-0.2, 0) is 4.79 Å². The van der Waals surface area contributed by atoms with Crippen LogP contribution in [0, 0.1) is 0 Å². The number of carbonyl (C=O) groups excluding carboxylic acids is 1. The molecule has 2 rings (SSSR count). The van der Waals surface area contributed by atoms with Crippen molar-refractivity contribution in [1.29, 1.82) is 0 Å². The molecule has 0 radical (unpaired) electrons. The molecule has 2 aromatic rings. The van der Waals surface area contributed by atoms with Crippen LogP contribution in [0.3, 0.4) is 0 Å². The minimum absolute atomic E-state index is 0.259. The molecule has 0 aliphatic carbocycles. The zero-order valence-electron chi connectivity index (χ0n) is 14.0. The molecular formula is C19H21NO4. The van der Waals surface area contributed by atoms with Crippen LogP contribution in [0.5, 0.6) is 17.2 Å². The first-order chi connectivity index (χ1) is 11.7. The van der Waals surface area contributed by atoms with E-state index in [2.05, 4.69) is 5.32 Å². The second-order valence-corrected chi connectivity index (χ2v) is 4.86. The largest absolute Gasteiger partial charge is 0.497 e. The lowest BCUT2D eigenvalue weighted by Crippen LogP contribution is -2.09. The number of methoxy groups -OCH3 is 2. The van der Waals surface area contributed by atoms with Gasteiger partial charge in [0.25, 0.3) is 0 Å². The number of hydrogen-bond acceptors (Lipinski definition) is 4. The van der Waals surface area contributed by atoms with E-state index in [-0.39, 0.29) is 5.91 Å². The van der Waals surface area contributed by atoms with Gasteiger partial charge in [-0.1, -0.05) is 18.2 Å². The predicted molar refractivity (Wildman–Crippen MR) is 94.8 cm³/mol. The zero-order chi connectivity index (χ0) is 17.4. The highest BCUT2D eigenvalue weighted by Gasteiger charge is 2.07. The van der Waals surface area contributed by atoms with Crippen molar-refractivity contribution in [2.75, 3.05) is 26.1 Å². The Morgan fingerprint density at radius 1 is 1.08 bits per heavy atom. The van der Waals surface area contributed by atoms with E-state index in [1.54, 1.807) is 38.5 Å². The Labute approximate surface area is 141 Å². The van der Waals surface area contributed by atoms with E-state index in [9.17, 15) is 4.79 Å². The molecular weight excluding hydrogens is 306 g/mol. The number of rotatable bonds is 7. The van der Waals surface area contributed by atoms with Crippen molar-refractivity contribution in [2.45, 2.75) is 6.92 Å². The van der Waals surface area contributed by atoms with Crippen LogP contribution in [0.4, 0.5) is 5.69 Å². The highest BCUT2D eigenvalue weighted by molar-refractivity contribution is 6.03. The van der Waals surface area contributed by atoms with Crippen LogP contribution in [-0.4, -0.2) is 26.7 Å². The van der Waals surface area contributed by atoms with Gasteiger partial charge in [-0.2, -0.15) is 0 Å². The number of hydrogen-bond donors (Lipinski definition) is 1. The molecule has 24 heavy (non-hydrogen) atoms. The molecule has 0 aliphatic heterocycles. The number of para-hydroxylation sites is 1. The third kappa shape index (κ3) is 4.52. The van der Waals surface area contributed by atoms with Gasteiger partial charge in [0, 0.05) is 17.7 Å². The van der Waals surface area contributed by atoms with Gasteiger partial charge in [0.2, 0.25) is 5.91 Å². The molecule has 0 atom stereocenters. The maximum Gasteiger partial charge on any atom is 0.248 e. The SMILES string of the molecule is CCOc1ccccc1/C=C/C(=O)Nc1ccc(OC)cc1OC. The van der Waals surface area contributed by atoms with Crippen molar-refractivity contribution in [3.63, 3.8) is 0 Å². The van der Waals surface area contributed by atoms with Gasteiger partial charge in [0.1, 0.15) is 17.2 Å². The van der Waals surface area contributed by atoms with Gasteiger partial charge >= 0.3 is 0 Å². The summed E-state index contributed by atoms with van der Waals surface area (Å²) in [5.74, 6) is 1.67. The molecule has 1 amide bonds. The lowest BCUT2D eigenvalue weighted by molar-refractivity contribution is -0.111. The summed E-state index contributed by atoms with van der Waals surface area (Å²) in [7, 11) is 3.12. The fraction of sp³-hybridized carbons (Fsp3) is 0.211. The fourth-order valence-electron chi connectivity index (χ4n) is 2.15. The van der Waals surface area contributed by atoms with Crippen molar-refractivity contribution in [3.05, 3.63) is 54.1 Å². The summed E-state index contributed by atoms with van der Waals surface area (Å²) in [4.78, 5) is 12.2. The Balaban J connectivity index is 2.11. The quantitative estimate of drug-likeness (QED) is 0.787. The van der Waals surface area contributed by atoms with E-state index in [0.717, 1.165) is 11.3 Å². The minimum atomic E-state index is -0.259. The van der Waals surface area contributed by atoms with Crippen molar-refractivity contribution >= 4 is 17.7 Å². The number of benzene rings is 2. The van der Waals surface area contributed by atoms with Crippen molar-refractivity contribution < 1.29 is 19.0 Å². The molecule has 0 aromatic heterocycles. The second-order valence-electron chi connectivity index (χ2n) is 4.86. The highest BCUT2D eigenvalue weighted by atomic mass is 16.5. The van der Waals surface area contributed by atoms with Crippen molar-refractivity contribution in [1.82, 2.24) is 0 Å². The predicted octanol–water partition coefficient (Wildman–Crippen LogP) is 3.75. The summed E-state index contributed by atoms with van der Waals surface area (Å²) in [6.07, 6.45) is 3.18. The van der Waals surface area contributed by atoms with Crippen LogP contribution < -0.4 is 19.5 Å². The minimum Gasteiger partial charge on any atom is -0.497 e. The summed E-state index contributed by atoms with van der Waals surface area (Å²) < 4.78 is 15.9. The molecule has 0 aliphatic rings.